The maximum Gasteiger partial charge on any atom is 0.416 e. The highest BCUT2D eigenvalue weighted by atomic mass is 19.4. The number of fused-ring (bicyclic) bond motifs is 1. The first-order valence-electron chi connectivity index (χ1n) is 5.72. The van der Waals surface area contributed by atoms with Crippen LogP contribution in [0, 0.1) is 0 Å². The van der Waals surface area contributed by atoms with Crippen molar-refractivity contribution in [1.82, 2.24) is 15.2 Å². The van der Waals surface area contributed by atoms with Crippen LogP contribution in [0.25, 0.3) is 22.3 Å². The second-order valence-electron chi connectivity index (χ2n) is 4.30. The van der Waals surface area contributed by atoms with Crippen LogP contribution in [0.3, 0.4) is 0 Å². The average molecular weight is 278 g/mol. The SMILES string of the molecule is Nc1ccc2[nH]nc(-c3cc(C(F)(F)F)ccn3)c2c1. The lowest BCUT2D eigenvalue weighted by molar-refractivity contribution is -0.137. The molecular formula is C13H9F3N4. The van der Waals surface area contributed by atoms with E-state index in [0.29, 0.717) is 22.3 Å². The molecule has 3 N–H and O–H groups in total. The van der Waals surface area contributed by atoms with Gasteiger partial charge in [-0.25, -0.2) is 0 Å². The van der Waals surface area contributed by atoms with Crippen LogP contribution in [-0.2, 0) is 6.18 Å². The number of nitrogens with one attached hydrogen (secondary N) is 1. The van der Waals surface area contributed by atoms with Crippen molar-refractivity contribution < 1.29 is 13.2 Å². The molecule has 0 fully saturated rings. The molecule has 0 unspecified atom stereocenters. The van der Waals surface area contributed by atoms with Gasteiger partial charge in [0, 0.05) is 17.3 Å². The van der Waals surface area contributed by atoms with Crippen molar-refractivity contribution in [2.24, 2.45) is 0 Å². The third-order valence-corrected chi connectivity index (χ3v) is 2.92. The van der Waals surface area contributed by atoms with Crippen molar-refractivity contribution in [3.63, 3.8) is 0 Å². The standard InChI is InChI=1S/C13H9F3N4/c14-13(15,16)7-3-4-18-11(5-7)12-9-6-8(17)1-2-10(9)19-20-12/h1-6H,17H2,(H,19,20). The predicted octanol–water partition coefficient (Wildman–Crippen LogP) is 3.23. The van der Waals surface area contributed by atoms with E-state index in [1.54, 1.807) is 18.2 Å². The molecule has 0 bridgehead atoms. The van der Waals surface area contributed by atoms with Gasteiger partial charge in [0.15, 0.2) is 0 Å². The molecule has 0 aliphatic carbocycles. The van der Waals surface area contributed by atoms with Gasteiger partial charge in [0.25, 0.3) is 0 Å². The fraction of sp³-hybridized carbons (Fsp3) is 0.0769. The van der Waals surface area contributed by atoms with Crippen LogP contribution in [0.4, 0.5) is 18.9 Å². The fourth-order valence-electron chi connectivity index (χ4n) is 1.96. The van der Waals surface area contributed by atoms with Crippen molar-refractivity contribution in [2.75, 3.05) is 5.73 Å². The quantitative estimate of drug-likeness (QED) is 0.671. The Bertz CT molecular complexity index is 777. The number of hydrogen-bond donors (Lipinski definition) is 2. The summed E-state index contributed by atoms with van der Waals surface area (Å²) in [5, 5.41) is 7.40. The van der Waals surface area contributed by atoms with E-state index in [9.17, 15) is 13.2 Å². The molecule has 7 heteroatoms. The number of aromatic amines is 1. The Balaban J connectivity index is 2.18. The zero-order valence-corrected chi connectivity index (χ0v) is 10.1. The van der Waals surface area contributed by atoms with Crippen molar-refractivity contribution in [3.8, 4) is 11.4 Å². The maximum atomic E-state index is 12.7. The lowest BCUT2D eigenvalue weighted by Gasteiger charge is -2.07. The van der Waals surface area contributed by atoms with Gasteiger partial charge < -0.3 is 5.73 Å². The molecule has 0 aliphatic rings. The summed E-state index contributed by atoms with van der Waals surface area (Å²) in [5.74, 6) is 0. The minimum absolute atomic E-state index is 0.150. The number of pyridine rings is 1. The number of aromatic nitrogens is 3. The number of halogens is 3. The van der Waals surface area contributed by atoms with E-state index in [1.165, 1.54) is 0 Å². The normalized spacial score (nSPS) is 11.9. The van der Waals surface area contributed by atoms with Crippen LogP contribution >= 0.6 is 0 Å². The summed E-state index contributed by atoms with van der Waals surface area (Å²) in [7, 11) is 0. The van der Waals surface area contributed by atoms with Crippen LogP contribution < -0.4 is 5.73 Å². The average Bonchev–Trinajstić information content (AvgIpc) is 2.81. The molecule has 3 aromatic rings. The Kier molecular flexibility index (Phi) is 2.63. The summed E-state index contributed by atoms with van der Waals surface area (Å²) < 4.78 is 38.1. The molecule has 20 heavy (non-hydrogen) atoms. The first-order chi connectivity index (χ1) is 9.45. The van der Waals surface area contributed by atoms with Crippen LogP contribution in [-0.4, -0.2) is 15.2 Å². The van der Waals surface area contributed by atoms with Gasteiger partial charge >= 0.3 is 6.18 Å². The summed E-state index contributed by atoms with van der Waals surface area (Å²) in [6.07, 6.45) is -3.30. The third kappa shape index (κ3) is 2.07. The zero-order valence-electron chi connectivity index (χ0n) is 10.1. The number of H-pyrrole nitrogens is 1. The molecule has 1 aromatic carbocycles. The number of alkyl halides is 3. The number of benzene rings is 1. The molecule has 4 nitrogen and oxygen atoms in total. The second-order valence-corrected chi connectivity index (χ2v) is 4.30. The Labute approximate surface area is 111 Å². The molecule has 0 aliphatic heterocycles. The van der Waals surface area contributed by atoms with E-state index in [1.807, 2.05) is 0 Å². The van der Waals surface area contributed by atoms with Crippen LogP contribution in [0.15, 0.2) is 36.5 Å². The second kappa shape index (κ2) is 4.22. The van der Waals surface area contributed by atoms with E-state index in [0.717, 1.165) is 18.3 Å². The topological polar surface area (TPSA) is 67.6 Å². The molecule has 0 spiro atoms. The summed E-state index contributed by atoms with van der Waals surface area (Å²) >= 11 is 0. The minimum Gasteiger partial charge on any atom is -0.399 e. The van der Waals surface area contributed by atoms with Crippen molar-refractivity contribution in [1.29, 1.82) is 0 Å². The molecule has 0 atom stereocenters. The summed E-state index contributed by atoms with van der Waals surface area (Å²) in [6.45, 7) is 0. The van der Waals surface area contributed by atoms with E-state index >= 15 is 0 Å². The number of nitrogens with two attached hydrogens (primary N) is 1. The Morgan fingerprint density at radius 1 is 1.10 bits per heavy atom. The Morgan fingerprint density at radius 3 is 2.65 bits per heavy atom. The number of anilines is 1. The monoisotopic (exact) mass is 278 g/mol. The molecule has 2 heterocycles. The highest BCUT2D eigenvalue weighted by Gasteiger charge is 2.31. The lowest BCUT2D eigenvalue weighted by Crippen LogP contribution is -2.05. The van der Waals surface area contributed by atoms with Gasteiger partial charge in [0.1, 0.15) is 5.69 Å². The summed E-state index contributed by atoms with van der Waals surface area (Å²) in [5.41, 5.74) is 6.62. The molecule has 3 rings (SSSR count). The van der Waals surface area contributed by atoms with E-state index < -0.39 is 11.7 Å². The Morgan fingerprint density at radius 2 is 1.90 bits per heavy atom. The van der Waals surface area contributed by atoms with Gasteiger partial charge in [0.05, 0.1) is 16.8 Å². The van der Waals surface area contributed by atoms with E-state index in [2.05, 4.69) is 15.2 Å². The van der Waals surface area contributed by atoms with Gasteiger partial charge in [-0.2, -0.15) is 18.3 Å². The van der Waals surface area contributed by atoms with Crippen LogP contribution in [0.2, 0.25) is 0 Å². The lowest BCUT2D eigenvalue weighted by atomic mass is 10.1. The van der Waals surface area contributed by atoms with E-state index in [4.69, 9.17) is 5.73 Å². The third-order valence-electron chi connectivity index (χ3n) is 2.92. The molecule has 0 saturated heterocycles. The number of hydrogen-bond acceptors (Lipinski definition) is 3. The maximum absolute atomic E-state index is 12.7. The molecule has 2 aromatic heterocycles. The predicted molar refractivity (Wildman–Crippen MR) is 68.7 cm³/mol. The van der Waals surface area contributed by atoms with Gasteiger partial charge in [-0.05, 0) is 30.3 Å². The smallest absolute Gasteiger partial charge is 0.399 e. The minimum atomic E-state index is -4.41. The van der Waals surface area contributed by atoms with Crippen LogP contribution in [0.5, 0.6) is 0 Å². The number of nitrogen functional groups attached to an aromatic ring is 1. The molecule has 102 valence electrons. The summed E-state index contributed by atoms with van der Waals surface area (Å²) in [4.78, 5) is 3.95. The fourth-order valence-corrected chi connectivity index (χ4v) is 1.96. The molecular weight excluding hydrogens is 269 g/mol. The van der Waals surface area contributed by atoms with Crippen molar-refractivity contribution in [2.45, 2.75) is 6.18 Å². The van der Waals surface area contributed by atoms with Crippen LogP contribution in [0.1, 0.15) is 5.56 Å². The largest absolute Gasteiger partial charge is 0.416 e. The number of rotatable bonds is 1. The zero-order chi connectivity index (χ0) is 14.3. The molecule has 0 saturated carbocycles. The van der Waals surface area contributed by atoms with Gasteiger partial charge in [-0.1, -0.05) is 0 Å². The molecule has 0 radical (unpaired) electrons. The van der Waals surface area contributed by atoms with Crippen molar-refractivity contribution in [3.05, 3.63) is 42.1 Å². The van der Waals surface area contributed by atoms with Gasteiger partial charge in [-0.15, -0.1) is 0 Å². The Hall–Kier alpha value is -2.57. The number of nitrogens with zero attached hydrogens (tertiary/aromatic N) is 2. The van der Waals surface area contributed by atoms with Gasteiger partial charge in [0.2, 0.25) is 0 Å². The van der Waals surface area contributed by atoms with Crippen molar-refractivity contribution >= 4 is 16.6 Å². The first-order valence-corrected chi connectivity index (χ1v) is 5.72. The van der Waals surface area contributed by atoms with E-state index in [-0.39, 0.29) is 5.69 Å². The highest BCUT2D eigenvalue weighted by molar-refractivity contribution is 5.93. The highest BCUT2D eigenvalue weighted by Crippen LogP contribution is 2.32. The van der Waals surface area contributed by atoms with Gasteiger partial charge in [-0.3, -0.25) is 10.1 Å². The molecule has 0 amide bonds. The summed E-state index contributed by atoms with van der Waals surface area (Å²) in [6, 6.07) is 6.94. The first kappa shape index (κ1) is 12.5.